The maximum absolute atomic E-state index is 9.40. The minimum absolute atomic E-state index is 0.115. The Kier molecular flexibility index (Phi) is 3.64. The molecule has 4 heteroatoms. The molecule has 1 fully saturated rings. The Bertz CT molecular complexity index is 314. The van der Waals surface area contributed by atoms with Gasteiger partial charge in [-0.15, -0.1) is 0 Å². The van der Waals surface area contributed by atoms with Crippen LogP contribution in [0.3, 0.4) is 0 Å². The van der Waals surface area contributed by atoms with Crippen LogP contribution in [-0.4, -0.2) is 29.7 Å². The molecule has 2 atom stereocenters. The molecule has 1 aliphatic rings. The summed E-state index contributed by atoms with van der Waals surface area (Å²) in [6, 6.07) is 1.79. The molecule has 1 aliphatic heterocycles. The van der Waals surface area contributed by atoms with Gasteiger partial charge >= 0.3 is 0 Å². The quantitative estimate of drug-likeness (QED) is 0.559. The molecule has 0 saturated carbocycles. The summed E-state index contributed by atoms with van der Waals surface area (Å²) in [5.41, 5.74) is 0.115. The lowest BCUT2D eigenvalue weighted by Crippen LogP contribution is -2.20. The summed E-state index contributed by atoms with van der Waals surface area (Å²) in [7, 11) is 0. The molecular weight excluding hydrogens is 194 g/mol. The number of hydrogen-bond donors (Lipinski definition) is 1. The van der Waals surface area contributed by atoms with Gasteiger partial charge in [-0.1, -0.05) is 18.7 Å². The molecule has 0 aromatic carbocycles. The number of aliphatic hydroxyl groups excluding tert-OH is 1. The molecule has 1 heterocycles. The van der Waals surface area contributed by atoms with Crippen molar-refractivity contribution in [3.05, 3.63) is 24.3 Å². The molecular formula is C11H15NO3. The Morgan fingerprint density at radius 3 is 2.87 bits per heavy atom. The van der Waals surface area contributed by atoms with E-state index in [1.165, 1.54) is 6.08 Å². The van der Waals surface area contributed by atoms with Crippen molar-refractivity contribution in [2.45, 2.75) is 31.8 Å². The van der Waals surface area contributed by atoms with Crippen molar-refractivity contribution in [1.82, 2.24) is 0 Å². The zero-order valence-corrected chi connectivity index (χ0v) is 8.93. The monoisotopic (exact) mass is 209 g/mol. The summed E-state index contributed by atoms with van der Waals surface area (Å²) in [4.78, 5) is 0. The highest BCUT2D eigenvalue weighted by Crippen LogP contribution is 2.22. The van der Waals surface area contributed by atoms with Gasteiger partial charge in [0.2, 0.25) is 0 Å². The van der Waals surface area contributed by atoms with E-state index in [0.717, 1.165) is 0 Å². The highest BCUT2D eigenvalue weighted by molar-refractivity contribution is 5.25. The Hall–Kier alpha value is -1.15. The lowest BCUT2D eigenvalue weighted by atomic mass is 10.1. The SMILES string of the molecule is C=C(C#N)[C@@H](O)C=C[C@H]1COC(C)(C)O1. The minimum atomic E-state index is -0.942. The minimum Gasteiger partial charge on any atom is -0.384 e. The normalized spacial score (nSPS) is 26.4. The molecule has 0 spiro atoms. The number of ether oxygens (including phenoxy) is 2. The molecule has 0 aliphatic carbocycles. The highest BCUT2D eigenvalue weighted by atomic mass is 16.7. The van der Waals surface area contributed by atoms with Crippen molar-refractivity contribution in [3.63, 3.8) is 0 Å². The van der Waals surface area contributed by atoms with Crippen LogP contribution in [0.1, 0.15) is 13.8 Å². The Morgan fingerprint density at radius 2 is 2.40 bits per heavy atom. The van der Waals surface area contributed by atoms with Crippen molar-refractivity contribution >= 4 is 0 Å². The highest BCUT2D eigenvalue weighted by Gasteiger charge is 2.31. The van der Waals surface area contributed by atoms with Crippen molar-refractivity contribution in [2.24, 2.45) is 0 Å². The third-order valence-electron chi connectivity index (χ3n) is 2.04. The van der Waals surface area contributed by atoms with Crippen LogP contribution in [0.15, 0.2) is 24.3 Å². The Labute approximate surface area is 89.4 Å². The largest absolute Gasteiger partial charge is 0.384 e. The number of nitrogens with zero attached hydrogens (tertiary/aromatic N) is 1. The third kappa shape index (κ3) is 3.48. The average molecular weight is 209 g/mol. The van der Waals surface area contributed by atoms with Gasteiger partial charge < -0.3 is 14.6 Å². The van der Waals surface area contributed by atoms with Gasteiger partial charge in [0.15, 0.2) is 5.79 Å². The molecule has 0 unspecified atom stereocenters. The fourth-order valence-electron chi connectivity index (χ4n) is 1.22. The molecule has 4 nitrogen and oxygen atoms in total. The first kappa shape index (κ1) is 11.9. The van der Waals surface area contributed by atoms with Crippen LogP contribution in [0.4, 0.5) is 0 Å². The predicted octanol–water partition coefficient (Wildman–Crippen LogP) is 1.13. The van der Waals surface area contributed by atoms with E-state index in [9.17, 15) is 5.11 Å². The Morgan fingerprint density at radius 1 is 1.73 bits per heavy atom. The third-order valence-corrected chi connectivity index (χ3v) is 2.04. The van der Waals surface area contributed by atoms with Crippen LogP contribution in [-0.2, 0) is 9.47 Å². The van der Waals surface area contributed by atoms with Crippen LogP contribution in [0.2, 0.25) is 0 Å². The molecule has 15 heavy (non-hydrogen) atoms. The number of aliphatic hydroxyl groups is 1. The second-order valence-electron chi connectivity index (χ2n) is 3.83. The molecule has 0 aromatic heterocycles. The van der Waals surface area contributed by atoms with Crippen molar-refractivity contribution < 1.29 is 14.6 Å². The topological polar surface area (TPSA) is 62.5 Å². The van der Waals surface area contributed by atoms with Gasteiger partial charge in [0, 0.05) is 0 Å². The Balaban J connectivity index is 2.47. The first-order valence-corrected chi connectivity index (χ1v) is 4.71. The fourth-order valence-corrected chi connectivity index (χ4v) is 1.22. The second-order valence-corrected chi connectivity index (χ2v) is 3.83. The number of hydrogen-bond acceptors (Lipinski definition) is 4. The number of nitriles is 1. The molecule has 1 saturated heterocycles. The molecule has 1 N–H and O–H groups in total. The molecule has 0 amide bonds. The maximum atomic E-state index is 9.40. The first-order valence-electron chi connectivity index (χ1n) is 4.71. The first-order chi connectivity index (χ1) is 6.94. The van der Waals surface area contributed by atoms with E-state index in [-0.39, 0.29) is 11.7 Å². The zero-order valence-electron chi connectivity index (χ0n) is 8.93. The van der Waals surface area contributed by atoms with E-state index in [1.807, 2.05) is 13.8 Å². The van der Waals surface area contributed by atoms with E-state index in [4.69, 9.17) is 14.7 Å². The van der Waals surface area contributed by atoms with Gasteiger partial charge in [-0.3, -0.25) is 0 Å². The van der Waals surface area contributed by atoms with E-state index in [2.05, 4.69) is 6.58 Å². The summed E-state index contributed by atoms with van der Waals surface area (Å²) in [5, 5.41) is 17.9. The van der Waals surface area contributed by atoms with E-state index < -0.39 is 11.9 Å². The van der Waals surface area contributed by atoms with Gasteiger partial charge in [0.1, 0.15) is 12.2 Å². The smallest absolute Gasteiger partial charge is 0.163 e. The summed E-state index contributed by atoms with van der Waals surface area (Å²) in [6.45, 7) is 7.52. The molecule has 0 bridgehead atoms. The van der Waals surface area contributed by atoms with Crippen LogP contribution < -0.4 is 0 Å². The van der Waals surface area contributed by atoms with E-state index >= 15 is 0 Å². The van der Waals surface area contributed by atoms with Gasteiger partial charge in [0.05, 0.1) is 18.2 Å². The van der Waals surface area contributed by atoms with Crippen LogP contribution in [0, 0.1) is 11.3 Å². The van der Waals surface area contributed by atoms with Crippen molar-refractivity contribution in [3.8, 4) is 6.07 Å². The van der Waals surface area contributed by atoms with Crippen LogP contribution in [0.5, 0.6) is 0 Å². The average Bonchev–Trinajstić information content (AvgIpc) is 2.53. The standard InChI is InChI=1S/C11H15NO3/c1-8(6-12)10(13)5-4-9-7-14-11(2,3)15-9/h4-5,9-10,13H,1,7H2,2-3H3/t9-,10-/m0/s1. The summed E-state index contributed by atoms with van der Waals surface area (Å²) in [5.74, 6) is -0.577. The lowest BCUT2D eigenvalue weighted by molar-refractivity contribution is -0.133. The number of rotatable bonds is 3. The van der Waals surface area contributed by atoms with Crippen LogP contribution >= 0.6 is 0 Å². The molecule has 1 rings (SSSR count). The van der Waals surface area contributed by atoms with Gasteiger partial charge in [-0.05, 0) is 13.8 Å². The van der Waals surface area contributed by atoms with Gasteiger partial charge in [-0.25, -0.2) is 0 Å². The predicted molar refractivity (Wildman–Crippen MR) is 54.8 cm³/mol. The lowest BCUT2D eigenvalue weighted by Gasteiger charge is -2.15. The zero-order chi connectivity index (χ0) is 11.5. The fraction of sp³-hybridized carbons (Fsp3) is 0.545. The van der Waals surface area contributed by atoms with E-state index in [1.54, 1.807) is 12.1 Å². The molecule has 0 aromatic rings. The van der Waals surface area contributed by atoms with Gasteiger partial charge in [-0.2, -0.15) is 5.26 Å². The van der Waals surface area contributed by atoms with Gasteiger partial charge in [0.25, 0.3) is 0 Å². The summed E-state index contributed by atoms with van der Waals surface area (Å²) >= 11 is 0. The molecule has 0 radical (unpaired) electrons. The summed E-state index contributed by atoms with van der Waals surface area (Å²) in [6.07, 6.45) is 2.05. The second kappa shape index (κ2) is 4.58. The molecule has 82 valence electrons. The van der Waals surface area contributed by atoms with Crippen molar-refractivity contribution in [1.29, 1.82) is 5.26 Å². The van der Waals surface area contributed by atoms with E-state index in [0.29, 0.717) is 6.61 Å². The summed E-state index contributed by atoms with van der Waals surface area (Å²) < 4.78 is 10.8. The van der Waals surface area contributed by atoms with Crippen LogP contribution in [0.25, 0.3) is 0 Å². The van der Waals surface area contributed by atoms with Crippen molar-refractivity contribution in [2.75, 3.05) is 6.61 Å². The maximum Gasteiger partial charge on any atom is 0.163 e.